The smallest absolute Gasteiger partial charge is 0.225 e. The first-order valence-electron chi connectivity index (χ1n) is 9.75. The first kappa shape index (κ1) is 17.3. The Morgan fingerprint density at radius 1 is 1.12 bits per heavy atom. The molecule has 2 fully saturated rings. The Kier molecular flexibility index (Phi) is 5.07. The zero-order valence-electron chi connectivity index (χ0n) is 15.4. The summed E-state index contributed by atoms with van der Waals surface area (Å²) in [4.78, 5) is 12.9. The van der Waals surface area contributed by atoms with Gasteiger partial charge in [-0.1, -0.05) is 30.3 Å². The number of hydrogen-bond donors (Lipinski definition) is 2. The summed E-state index contributed by atoms with van der Waals surface area (Å²) in [6, 6.07) is 11.1. The molecule has 2 aromatic rings. The van der Waals surface area contributed by atoms with Crippen LogP contribution in [0.5, 0.6) is 0 Å². The quantitative estimate of drug-likeness (QED) is 0.889. The number of amides is 1. The van der Waals surface area contributed by atoms with Crippen LogP contribution in [-0.4, -0.2) is 34.8 Å². The fraction of sp³-hybridized carbons (Fsp3) is 0.524. The summed E-state index contributed by atoms with van der Waals surface area (Å²) in [5.41, 5.74) is 2.60. The van der Waals surface area contributed by atoms with Crippen molar-refractivity contribution in [2.75, 3.05) is 13.1 Å². The van der Waals surface area contributed by atoms with E-state index in [0.29, 0.717) is 12.0 Å². The molecular weight excluding hydrogens is 324 g/mol. The van der Waals surface area contributed by atoms with Gasteiger partial charge in [-0.3, -0.25) is 9.48 Å². The third-order valence-corrected chi connectivity index (χ3v) is 6.05. The van der Waals surface area contributed by atoms with E-state index in [2.05, 4.69) is 46.1 Å². The van der Waals surface area contributed by atoms with Gasteiger partial charge in [0, 0.05) is 38.3 Å². The van der Waals surface area contributed by atoms with Crippen LogP contribution in [0.2, 0.25) is 0 Å². The summed E-state index contributed by atoms with van der Waals surface area (Å²) in [5.74, 6) is 1.07. The molecule has 26 heavy (non-hydrogen) atoms. The number of hydrogen-bond acceptors (Lipinski definition) is 3. The molecule has 0 unspecified atom stereocenters. The molecule has 1 aliphatic heterocycles. The molecule has 1 aromatic carbocycles. The lowest BCUT2D eigenvalue weighted by Gasteiger charge is -2.30. The Hall–Kier alpha value is -2.14. The van der Waals surface area contributed by atoms with Crippen molar-refractivity contribution in [3.8, 4) is 0 Å². The van der Waals surface area contributed by atoms with Gasteiger partial charge in [-0.15, -0.1) is 0 Å². The van der Waals surface area contributed by atoms with E-state index in [1.54, 1.807) is 0 Å². The maximum absolute atomic E-state index is 12.9. The van der Waals surface area contributed by atoms with Crippen LogP contribution in [-0.2, 0) is 11.8 Å². The van der Waals surface area contributed by atoms with Crippen molar-refractivity contribution < 1.29 is 4.79 Å². The molecule has 1 aliphatic carbocycles. The number of nitrogens with one attached hydrogen (secondary N) is 2. The monoisotopic (exact) mass is 352 g/mol. The highest BCUT2D eigenvalue weighted by molar-refractivity contribution is 5.80. The third kappa shape index (κ3) is 3.68. The Bertz CT molecular complexity index is 733. The highest BCUT2D eigenvalue weighted by atomic mass is 16.2. The van der Waals surface area contributed by atoms with E-state index in [1.807, 2.05) is 24.1 Å². The standard InChI is InChI=1S/C21H28N4O/c1-25-14-17(11-23-25)19-12-22-13-20(19)21(26)24-18-9-7-16(8-10-18)15-5-3-2-4-6-15/h2-6,11,14,16,18-20,22H,7-10,12-13H2,1H3,(H,24,26)/t16?,18?,19-,20+/m1/s1. The number of carbonyl (C=O) groups is 1. The molecule has 5 nitrogen and oxygen atoms in total. The van der Waals surface area contributed by atoms with Crippen molar-refractivity contribution in [2.24, 2.45) is 13.0 Å². The predicted octanol–water partition coefficient (Wildman–Crippen LogP) is 2.57. The first-order chi connectivity index (χ1) is 12.7. The molecule has 2 N–H and O–H groups in total. The molecule has 1 saturated carbocycles. The fourth-order valence-electron chi connectivity index (χ4n) is 4.54. The summed E-state index contributed by atoms with van der Waals surface area (Å²) in [5, 5.41) is 11.0. The molecule has 1 amide bonds. The van der Waals surface area contributed by atoms with Gasteiger partial charge in [0.25, 0.3) is 0 Å². The van der Waals surface area contributed by atoms with Crippen molar-refractivity contribution >= 4 is 5.91 Å². The van der Waals surface area contributed by atoms with Gasteiger partial charge < -0.3 is 10.6 Å². The summed E-state index contributed by atoms with van der Waals surface area (Å²) in [7, 11) is 1.92. The fourth-order valence-corrected chi connectivity index (χ4v) is 4.54. The minimum absolute atomic E-state index is 0.00560. The lowest BCUT2D eigenvalue weighted by molar-refractivity contribution is -0.125. The SMILES string of the molecule is Cn1cc([C@H]2CNC[C@@H]2C(=O)NC2CCC(c3ccccc3)CC2)cn1. The maximum Gasteiger partial charge on any atom is 0.225 e. The molecule has 0 bridgehead atoms. The van der Waals surface area contributed by atoms with Crippen LogP contribution >= 0.6 is 0 Å². The average Bonchev–Trinajstić information content (AvgIpc) is 3.32. The summed E-state index contributed by atoms with van der Waals surface area (Å²) >= 11 is 0. The number of aromatic nitrogens is 2. The molecule has 1 saturated heterocycles. The number of aryl methyl sites for hydroxylation is 1. The van der Waals surface area contributed by atoms with Gasteiger partial charge in [0.2, 0.25) is 5.91 Å². The van der Waals surface area contributed by atoms with Crippen LogP contribution in [0.15, 0.2) is 42.7 Å². The van der Waals surface area contributed by atoms with E-state index >= 15 is 0 Å². The van der Waals surface area contributed by atoms with Crippen LogP contribution in [0.3, 0.4) is 0 Å². The maximum atomic E-state index is 12.9. The second-order valence-electron chi connectivity index (χ2n) is 7.79. The summed E-state index contributed by atoms with van der Waals surface area (Å²) in [6.45, 7) is 1.61. The number of nitrogens with zero attached hydrogens (tertiary/aromatic N) is 2. The molecule has 1 aromatic heterocycles. The highest BCUT2D eigenvalue weighted by Crippen LogP contribution is 2.33. The van der Waals surface area contributed by atoms with Crippen molar-refractivity contribution in [1.29, 1.82) is 0 Å². The zero-order valence-corrected chi connectivity index (χ0v) is 15.4. The highest BCUT2D eigenvalue weighted by Gasteiger charge is 2.36. The third-order valence-electron chi connectivity index (χ3n) is 6.05. The van der Waals surface area contributed by atoms with E-state index in [4.69, 9.17) is 0 Å². The van der Waals surface area contributed by atoms with Crippen molar-refractivity contribution in [3.63, 3.8) is 0 Å². The Balaban J connectivity index is 1.32. The van der Waals surface area contributed by atoms with Crippen molar-refractivity contribution in [1.82, 2.24) is 20.4 Å². The normalized spacial score (nSPS) is 28.8. The van der Waals surface area contributed by atoms with Crippen LogP contribution < -0.4 is 10.6 Å². The average molecular weight is 352 g/mol. The van der Waals surface area contributed by atoms with E-state index < -0.39 is 0 Å². The van der Waals surface area contributed by atoms with Gasteiger partial charge in [-0.2, -0.15) is 5.10 Å². The van der Waals surface area contributed by atoms with Gasteiger partial charge in [-0.25, -0.2) is 0 Å². The van der Waals surface area contributed by atoms with Crippen LogP contribution in [0.25, 0.3) is 0 Å². The topological polar surface area (TPSA) is 59.0 Å². The molecule has 5 heteroatoms. The van der Waals surface area contributed by atoms with E-state index in [0.717, 1.165) is 44.3 Å². The van der Waals surface area contributed by atoms with Crippen molar-refractivity contribution in [3.05, 3.63) is 53.9 Å². The summed E-state index contributed by atoms with van der Waals surface area (Å²) in [6.07, 6.45) is 8.38. The van der Waals surface area contributed by atoms with Gasteiger partial charge in [-0.05, 0) is 42.7 Å². The van der Waals surface area contributed by atoms with Gasteiger partial charge in [0.05, 0.1) is 12.1 Å². The molecule has 138 valence electrons. The van der Waals surface area contributed by atoms with Crippen molar-refractivity contribution in [2.45, 2.75) is 43.6 Å². The second kappa shape index (κ2) is 7.62. The lowest BCUT2D eigenvalue weighted by Crippen LogP contribution is -2.42. The van der Waals surface area contributed by atoms with Crippen LogP contribution in [0, 0.1) is 5.92 Å². The van der Waals surface area contributed by atoms with Gasteiger partial charge >= 0.3 is 0 Å². The number of carbonyl (C=O) groups excluding carboxylic acids is 1. The molecule has 4 rings (SSSR count). The molecule has 0 spiro atoms. The van der Waals surface area contributed by atoms with Crippen LogP contribution in [0.1, 0.15) is 48.6 Å². The van der Waals surface area contributed by atoms with E-state index in [-0.39, 0.29) is 17.7 Å². The largest absolute Gasteiger partial charge is 0.353 e. The molecule has 0 radical (unpaired) electrons. The first-order valence-corrected chi connectivity index (χ1v) is 9.75. The second-order valence-corrected chi connectivity index (χ2v) is 7.79. The Labute approximate surface area is 155 Å². The molecular formula is C21H28N4O. The lowest BCUT2D eigenvalue weighted by atomic mass is 9.81. The number of benzene rings is 1. The number of rotatable bonds is 4. The minimum Gasteiger partial charge on any atom is -0.353 e. The van der Waals surface area contributed by atoms with Gasteiger partial charge in [0.1, 0.15) is 0 Å². The molecule has 2 atom stereocenters. The zero-order chi connectivity index (χ0) is 17.9. The molecule has 2 heterocycles. The molecule has 2 aliphatic rings. The van der Waals surface area contributed by atoms with E-state index in [1.165, 1.54) is 5.56 Å². The predicted molar refractivity (Wildman–Crippen MR) is 102 cm³/mol. The van der Waals surface area contributed by atoms with Gasteiger partial charge in [0.15, 0.2) is 0 Å². The minimum atomic E-state index is 0.00560. The van der Waals surface area contributed by atoms with Crippen LogP contribution in [0.4, 0.5) is 0 Å². The van der Waals surface area contributed by atoms with E-state index in [9.17, 15) is 4.79 Å². The summed E-state index contributed by atoms with van der Waals surface area (Å²) < 4.78 is 1.81. The Morgan fingerprint density at radius 2 is 1.88 bits per heavy atom. The Morgan fingerprint density at radius 3 is 2.58 bits per heavy atom.